The SMILES string of the molecule is CC(NC(=O)N[C@H](C(=O)O)c1ccccc1)c1cccs1. The average Bonchev–Trinajstić information content (AvgIpc) is 2.99. The topological polar surface area (TPSA) is 78.4 Å². The van der Waals surface area contributed by atoms with E-state index in [1.54, 1.807) is 30.3 Å². The Balaban J connectivity index is 2.01. The summed E-state index contributed by atoms with van der Waals surface area (Å²) in [7, 11) is 0. The van der Waals surface area contributed by atoms with Crippen molar-refractivity contribution in [2.45, 2.75) is 19.0 Å². The smallest absolute Gasteiger partial charge is 0.330 e. The fraction of sp³-hybridized carbons (Fsp3) is 0.200. The molecule has 2 amide bonds. The first-order valence-corrected chi connectivity index (χ1v) is 7.34. The lowest BCUT2D eigenvalue weighted by atomic mass is 10.1. The van der Waals surface area contributed by atoms with Crippen molar-refractivity contribution in [1.82, 2.24) is 10.6 Å². The van der Waals surface area contributed by atoms with Gasteiger partial charge < -0.3 is 15.7 Å². The Kier molecular flexibility index (Phi) is 4.94. The predicted molar refractivity (Wildman–Crippen MR) is 81.2 cm³/mol. The number of carbonyl (C=O) groups excluding carboxylic acids is 1. The fourth-order valence-electron chi connectivity index (χ4n) is 1.91. The van der Waals surface area contributed by atoms with Gasteiger partial charge in [-0.05, 0) is 23.9 Å². The third kappa shape index (κ3) is 4.06. The predicted octanol–water partition coefficient (Wildman–Crippen LogP) is 2.93. The van der Waals surface area contributed by atoms with Crippen LogP contribution in [-0.4, -0.2) is 17.1 Å². The number of thiophene rings is 1. The Morgan fingerprint density at radius 1 is 1.10 bits per heavy atom. The molecule has 0 aliphatic carbocycles. The van der Waals surface area contributed by atoms with Gasteiger partial charge in [-0.1, -0.05) is 36.4 Å². The molecule has 2 rings (SSSR count). The number of hydrogen-bond donors (Lipinski definition) is 3. The Morgan fingerprint density at radius 2 is 1.81 bits per heavy atom. The highest BCUT2D eigenvalue weighted by molar-refractivity contribution is 7.10. The molecule has 0 bridgehead atoms. The monoisotopic (exact) mass is 304 g/mol. The Labute approximate surface area is 126 Å². The summed E-state index contributed by atoms with van der Waals surface area (Å²) in [6.07, 6.45) is 0. The van der Waals surface area contributed by atoms with Gasteiger partial charge in [0.2, 0.25) is 0 Å². The van der Waals surface area contributed by atoms with Crippen LogP contribution in [0.25, 0.3) is 0 Å². The van der Waals surface area contributed by atoms with Crippen molar-refractivity contribution < 1.29 is 14.7 Å². The van der Waals surface area contributed by atoms with E-state index in [4.69, 9.17) is 0 Å². The highest BCUT2D eigenvalue weighted by Gasteiger charge is 2.22. The van der Waals surface area contributed by atoms with E-state index in [1.165, 1.54) is 11.3 Å². The lowest BCUT2D eigenvalue weighted by Crippen LogP contribution is -2.41. The molecule has 6 heteroatoms. The second-order valence-corrected chi connectivity index (χ2v) is 5.52. The zero-order valence-corrected chi connectivity index (χ0v) is 12.3. The molecule has 0 saturated heterocycles. The van der Waals surface area contributed by atoms with Crippen LogP contribution in [0.5, 0.6) is 0 Å². The van der Waals surface area contributed by atoms with Gasteiger partial charge in [-0.2, -0.15) is 0 Å². The maximum atomic E-state index is 12.0. The summed E-state index contributed by atoms with van der Waals surface area (Å²) in [5.74, 6) is -1.10. The summed E-state index contributed by atoms with van der Waals surface area (Å²) in [4.78, 5) is 24.3. The first-order chi connectivity index (χ1) is 10.1. The van der Waals surface area contributed by atoms with Gasteiger partial charge in [0.05, 0.1) is 6.04 Å². The molecule has 3 N–H and O–H groups in total. The third-order valence-electron chi connectivity index (χ3n) is 2.97. The van der Waals surface area contributed by atoms with Gasteiger partial charge in [0.15, 0.2) is 6.04 Å². The van der Waals surface area contributed by atoms with Crippen LogP contribution in [0.1, 0.15) is 29.4 Å². The van der Waals surface area contributed by atoms with E-state index in [2.05, 4.69) is 10.6 Å². The third-order valence-corrected chi connectivity index (χ3v) is 4.03. The molecule has 1 heterocycles. The summed E-state index contributed by atoms with van der Waals surface area (Å²) in [6, 6.07) is 10.7. The number of hydrogen-bond acceptors (Lipinski definition) is 3. The molecule has 0 saturated carbocycles. The number of carbonyl (C=O) groups is 2. The van der Waals surface area contributed by atoms with E-state index in [0.717, 1.165) is 4.88 Å². The van der Waals surface area contributed by atoms with Crippen LogP contribution in [0.2, 0.25) is 0 Å². The van der Waals surface area contributed by atoms with E-state index in [-0.39, 0.29) is 6.04 Å². The van der Waals surface area contributed by atoms with Crippen LogP contribution in [0.3, 0.4) is 0 Å². The van der Waals surface area contributed by atoms with Crippen molar-refractivity contribution in [3.8, 4) is 0 Å². The highest BCUT2D eigenvalue weighted by atomic mass is 32.1. The molecule has 21 heavy (non-hydrogen) atoms. The second-order valence-electron chi connectivity index (χ2n) is 4.54. The number of carboxylic acids is 1. The summed E-state index contributed by atoms with van der Waals surface area (Å²) in [6.45, 7) is 1.85. The zero-order chi connectivity index (χ0) is 15.2. The molecule has 0 aliphatic heterocycles. The van der Waals surface area contributed by atoms with Crippen LogP contribution in [0.15, 0.2) is 47.8 Å². The van der Waals surface area contributed by atoms with E-state index in [9.17, 15) is 14.7 Å². The average molecular weight is 304 g/mol. The van der Waals surface area contributed by atoms with Crippen LogP contribution in [0, 0.1) is 0 Å². The molecular weight excluding hydrogens is 288 g/mol. The minimum atomic E-state index is -1.10. The zero-order valence-electron chi connectivity index (χ0n) is 11.4. The Hall–Kier alpha value is -2.34. The van der Waals surface area contributed by atoms with Crippen molar-refractivity contribution in [2.75, 3.05) is 0 Å². The highest BCUT2D eigenvalue weighted by Crippen LogP contribution is 2.18. The molecule has 2 atom stereocenters. The first-order valence-electron chi connectivity index (χ1n) is 6.46. The minimum Gasteiger partial charge on any atom is -0.479 e. The fourth-order valence-corrected chi connectivity index (χ4v) is 2.65. The van der Waals surface area contributed by atoms with Crippen LogP contribution < -0.4 is 10.6 Å². The van der Waals surface area contributed by atoms with Gasteiger partial charge in [-0.25, -0.2) is 9.59 Å². The van der Waals surface area contributed by atoms with E-state index in [1.807, 2.05) is 24.4 Å². The van der Waals surface area contributed by atoms with E-state index < -0.39 is 18.0 Å². The first kappa shape index (κ1) is 15.1. The summed E-state index contributed by atoms with van der Waals surface area (Å²) in [5, 5.41) is 16.4. The van der Waals surface area contributed by atoms with Gasteiger partial charge in [0.25, 0.3) is 0 Å². The van der Waals surface area contributed by atoms with Crippen molar-refractivity contribution in [1.29, 1.82) is 0 Å². The molecule has 1 aromatic heterocycles. The number of nitrogens with one attached hydrogen (secondary N) is 2. The lowest BCUT2D eigenvalue weighted by molar-refractivity contribution is -0.139. The molecule has 2 aromatic rings. The number of urea groups is 1. The lowest BCUT2D eigenvalue weighted by Gasteiger charge is -2.18. The molecule has 1 unspecified atom stereocenters. The van der Waals surface area contributed by atoms with Gasteiger partial charge >= 0.3 is 12.0 Å². The molecule has 110 valence electrons. The van der Waals surface area contributed by atoms with Crippen LogP contribution in [0.4, 0.5) is 4.79 Å². The summed E-state index contributed by atoms with van der Waals surface area (Å²) >= 11 is 1.54. The maximum absolute atomic E-state index is 12.0. The maximum Gasteiger partial charge on any atom is 0.330 e. The molecular formula is C15H16N2O3S. The van der Waals surface area contributed by atoms with Crippen molar-refractivity contribution in [3.05, 3.63) is 58.3 Å². The Bertz CT molecular complexity index is 599. The van der Waals surface area contributed by atoms with Gasteiger partial charge in [-0.3, -0.25) is 0 Å². The quantitative estimate of drug-likeness (QED) is 0.794. The number of aliphatic carboxylic acids is 1. The molecule has 1 aromatic carbocycles. The largest absolute Gasteiger partial charge is 0.479 e. The van der Waals surface area contributed by atoms with Gasteiger partial charge in [0.1, 0.15) is 0 Å². The summed E-state index contributed by atoms with van der Waals surface area (Å²) < 4.78 is 0. The normalized spacial score (nSPS) is 13.2. The molecule has 0 fully saturated rings. The summed E-state index contributed by atoms with van der Waals surface area (Å²) in [5.41, 5.74) is 0.531. The van der Waals surface area contributed by atoms with E-state index in [0.29, 0.717) is 5.56 Å². The van der Waals surface area contributed by atoms with Crippen molar-refractivity contribution in [3.63, 3.8) is 0 Å². The molecule has 0 radical (unpaired) electrons. The van der Waals surface area contributed by atoms with E-state index >= 15 is 0 Å². The molecule has 0 aliphatic rings. The van der Waals surface area contributed by atoms with Gasteiger partial charge in [-0.15, -0.1) is 11.3 Å². The number of carboxylic acid groups (broad SMARTS) is 1. The Morgan fingerprint density at radius 3 is 2.38 bits per heavy atom. The van der Waals surface area contributed by atoms with Gasteiger partial charge in [0, 0.05) is 4.88 Å². The second kappa shape index (κ2) is 6.90. The van der Waals surface area contributed by atoms with Crippen LogP contribution >= 0.6 is 11.3 Å². The van der Waals surface area contributed by atoms with Crippen molar-refractivity contribution >= 4 is 23.3 Å². The molecule has 0 spiro atoms. The number of benzene rings is 1. The van der Waals surface area contributed by atoms with Crippen LogP contribution in [-0.2, 0) is 4.79 Å². The minimum absolute atomic E-state index is 0.171. The number of amides is 2. The standard InChI is InChI=1S/C15H16N2O3S/c1-10(12-8-5-9-21-12)16-15(20)17-13(14(18)19)11-6-3-2-4-7-11/h2-10,13H,1H3,(H,18,19)(H2,16,17,20)/t10?,13-/m0/s1. The van der Waals surface area contributed by atoms with Crippen molar-refractivity contribution in [2.24, 2.45) is 0 Å². The molecule has 5 nitrogen and oxygen atoms in total. The number of rotatable bonds is 5.